The first-order valence-electron chi connectivity index (χ1n) is 8.59. The van der Waals surface area contributed by atoms with Crippen molar-refractivity contribution < 1.29 is 9.47 Å². The van der Waals surface area contributed by atoms with Crippen molar-refractivity contribution in [3.05, 3.63) is 71.3 Å². The van der Waals surface area contributed by atoms with E-state index in [1.807, 2.05) is 30.3 Å². The van der Waals surface area contributed by atoms with Crippen molar-refractivity contribution in [1.82, 2.24) is 10.7 Å². The average molecular weight is 384 g/mol. The van der Waals surface area contributed by atoms with Crippen LogP contribution in [0.5, 0.6) is 11.5 Å². The van der Waals surface area contributed by atoms with Crippen LogP contribution in [0.25, 0.3) is 0 Å². The molecule has 0 amide bonds. The molecule has 2 aromatic carbocycles. The van der Waals surface area contributed by atoms with E-state index in [0.717, 1.165) is 28.2 Å². The van der Waals surface area contributed by atoms with Gasteiger partial charge in [-0.2, -0.15) is 5.10 Å². The summed E-state index contributed by atoms with van der Waals surface area (Å²) in [5.41, 5.74) is 6.96. The Bertz CT molecular complexity index is 834. The maximum absolute atomic E-state index is 6.01. The maximum Gasteiger partial charge on any atom is 0.187 e. The van der Waals surface area contributed by atoms with Crippen LogP contribution < -0.4 is 20.2 Å². The number of methoxy groups -OCH3 is 1. The van der Waals surface area contributed by atoms with Crippen LogP contribution in [0.3, 0.4) is 0 Å². The number of hydrazone groups is 1. The SMILES string of the molecule is C=CCNC(=S)N/N=C\c1ccc(OC)c(COc2cccc(C)c2C)c1. The number of hydrogen-bond donors (Lipinski definition) is 2. The van der Waals surface area contributed by atoms with Gasteiger partial charge in [0, 0.05) is 12.1 Å². The first kappa shape index (κ1) is 20.5. The molecule has 0 aliphatic rings. The van der Waals surface area contributed by atoms with Gasteiger partial charge in [-0.15, -0.1) is 6.58 Å². The third-order valence-electron chi connectivity index (χ3n) is 4.03. The zero-order chi connectivity index (χ0) is 19.6. The molecule has 0 radical (unpaired) electrons. The number of thiocarbonyl (C=S) groups is 1. The Morgan fingerprint density at radius 3 is 2.78 bits per heavy atom. The van der Waals surface area contributed by atoms with Gasteiger partial charge in [0.05, 0.1) is 13.3 Å². The second kappa shape index (κ2) is 10.3. The van der Waals surface area contributed by atoms with E-state index in [1.165, 1.54) is 5.56 Å². The number of nitrogens with one attached hydrogen (secondary N) is 2. The standard InChI is InChI=1S/C21H25N3O2S/c1-5-11-22-21(27)24-23-13-17-9-10-20(25-4)18(12-17)14-26-19-8-6-7-15(2)16(19)3/h5-10,12-13H,1,11,14H2,2-4H3,(H2,22,24,27)/b23-13-. The van der Waals surface area contributed by atoms with Crippen LogP contribution >= 0.6 is 12.2 Å². The van der Waals surface area contributed by atoms with Crippen LogP contribution in [0.1, 0.15) is 22.3 Å². The van der Waals surface area contributed by atoms with Gasteiger partial charge >= 0.3 is 0 Å². The monoisotopic (exact) mass is 383 g/mol. The molecule has 0 saturated heterocycles. The Balaban J connectivity index is 2.07. The van der Waals surface area contributed by atoms with Gasteiger partial charge in [-0.1, -0.05) is 18.2 Å². The van der Waals surface area contributed by atoms with Crippen molar-refractivity contribution in [2.75, 3.05) is 13.7 Å². The van der Waals surface area contributed by atoms with E-state index in [9.17, 15) is 0 Å². The van der Waals surface area contributed by atoms with Crippen molar-refractivity contribution in [3.63, 3.8) is 0 Å². The van der Waals surface area contributed by atoms with Gasteiger partial charge in [-0.05, 0) is 67.0 Å². The highest BCUT2D eigenvalue weighted by molar-refractivity contribution is 7.80. The lowest BCUT2D eigenvalue weighted by atomic mass is 10.1. The Morgan fingerprint density at radius 1 is 1.22 bits per heavy atom. The van der Waals surface area contributed by atoms with Crippen molar-refractivity contribution in [3.8, 4) is 11.5 Å². The number of benzene rings is 2. The van der Waals surface area contributed by atoms with Crippen molar-refractivity contribution in [1.29, 1.82) is 0 Å². The molecule has 0 heterocycles. The number of nitrogens with zero attached hydrogens (tertiary/aromatic N) is 1. The van der Waals surface area contributed by atoms with E-state index < -0.39 is 0 Å². The van der Waals surface area contributed by atoms with Gasteiger partial charge in [0.1, 0.15) is 18.1 Å². The van der Waals surface area contributed by atoms with Gasteiger partial charge in [0.25, 0.3) is 0 Å². The fraction of sp³-hybridized carbons (Fsp3) is 0.238. The molecule has 0 spiro atoms. The summed E-state index contributed by atoms with van der Waals surface area (Å²) in [6.07, 6.45) is 3.42. The zero-order valence-corrected chi connectivity index (χ0v) is 16.7. The van der Waals surface area contributed by atoms with E-state index in [-0.39, 0.29) is 0 Å². The third-order valence-corrected chi connectivity index (χ3v) is 4.26. The molecule has 2 aromatic rings. The van der Waals surface area contributed by atoms with E-state index in [2.05, 4.69) is 42.3 Å². The predicted octanol–water partition coefficient (Wildman–Crippen LogP) is 3.88. The largest absolute Gasteiger partial charge is 0.496 e. The van der Waals surface area contributed by atoms with E-state index in [0.29, 0.717) is 18.3 Å². The molecule has 0 aliphatic heterocycles. The van der Waals surface area contributed by atoms with Gasteiger partial charge in [0.2, 0.25) is 0 Å². The van der Waals surface area contributed by atoms with Gasteiger partial charge in [-0.3, -0.25) is 5.43 Å². The molecule has 6 heteroatoms. The Hall–Kier alpha value is -2.86. The highest BCUT2D eigenvalue weighted by Crippen LogP contribution is 2.25. The summed E-state index contributed by atoms with van der Waals surface area (Å²) in [6, 6.07) is 11.8. The normalized spacial score (nSPS) is 10.5. The smallest absolute Gasteiger partial charge is 0.187 e. The molecule has 27 heavy (non-hydrogen) atoms. The highest BCUT2D eigenvalue weighted by atomic mass is 32.1. The molecular formula is C21H25N3O2S. The zero-order valence-electron chi connectivity index (χ0n) is 15.9. The molecule has 0 aromatic heterocycles. The van der Waals surface area contributed by atoms with Crippen molar-refractivity contribution in [2.24, 2.45) is 5.10 Å². The van der Waals surface area contributed by atoms with Crippen LogP contribution in [0.4, 0.5) is 0 Å². The lowest BCUT2D eigenvalue weighted by Crippen LogP contribution is -2.31. The molecule has 0 aliphatic carbocycles. The quantitative estimate of drug-likeness (QED) is 0.314. The third kappa shape index (κ3) is 6.11. The minimum Gasteiger partial charge on any atom is -0.496 e. The number of hydrogen-bond acceptors (Lipinski definition) is 4. The molecular weight excluding hydrogens is 358 g/mol. The average Bonchev–Trinajstić information content (AvgIpc) is 2.67. The van der Waals surface area contributed by atoms with Crippen molar-refractivity contribution >= 4 is 23.5 Å². The topological polar surface area (TPSA) is 54.9 Å². The lowest BCUT2D eigenvalue weighted by molar-refractivity contribution is 0.294. The van der Waals surface area contributed by atoms with Crippen LogP contribution in [0.15, 0.2) is 54.2 Å². The lowest BCUT2D eigenvalue weighted by Gasteiger charge is -2.13. The predicted molar refractivity (Wildman–Crippen MR) is 115 cm³/mol. The maximum atomic E-state index is 6.01. The van der Waals surface area contributed by atoms with Crippen LogP contribution in [0, 0.1) is 13.8 Å². The summed E-state index contributed by atoms with van der Waals surface area (Å²) in [6.45, 7) is 8.74. The summed E-state index contributed by atoms with van der Waals surface area (Å²) >= 11 is 5.09. The van der Waals surface area contributed by atoms with Crippen molar-refractivity contribution in [2.45, 2.75) is 20.5 Å². The van der Waals surface area contributed by atoms with Crippen LogP contribution in [-0.4, -0.2) is 25.0 Å². The Kier molecular flexibility index (Phi) is 7.82. The summed E-state index contributed by atoms with van der Waals surface area (Å²) in [5.74, 6) is 1.64. The molecule has 2 rings (SSSR count). The summed E-state index contributed by atoms with van der Waals surface area (Å²) < 4.78 is 11.5. The highest BCUT2D eigenvalue weighted by Gasteiger charge is 2.07. The summed E-state index contributed by atoms with van der Waals surface area (Å²) in [5, 5.41) is 7.53. The Morgan fingerprint density at radius 2 is 2.04 bits per heavy atom. The second-order valence-electron chi connectivity index (χ2n) is 5.93. The minimum absolute atomic E-state index is 0.405. The molecule has 0 bridgehead atoms. The fourth-order valence-corrected chi connectivity index (χ4v) is 2.53. The second-order valence-corrected chi connectivity index (χ2v) is 6.33. The van der Waals surface area contributed by atoms with Gasteiger partial charge < -0.3 is 14.8 Å². The van der Waals surface area contributed by atoms with E-state index >= 15 is 0 Å². The number of aryl methyl sites for hydroxylation is 1. The fourth-order valence-electron chi connectivity index (χ4n) is 2.40. The number of rotatable bonds is 8. The van der Waals surface area contributed by atoms with E-state index in [1.54, 1.807) is 19.4 Å². The molecule has 0 atom stereocenters. The van der Waals surface area contributed by atoms with E-state index in [4.69, 9.17) is 21.7 Å². The van der Waals surface area contributed by atoms with Gasteiger partial charge in [-0.25, -0.2) is 0 Å². The molecule has 0 unspecified atom stereocenters. The number of ether oxygens (including phenoxy) is 2. The molecule has 2 N–H and O–H groups in total. The van der Waals surface area contributed by atoms with Crippen LogP contribution in [-0.2, 0) is 6.61 Å². The molecule has 142 valence electrons. The van der Waals surface area contributed by atoms with Gasteiger partial charge in [0.15, 0.2) is 5.11 Å². The van der Waals surface area contributed by atoms with Crippen LogP contribution in [0.2, 0.25) is 0 Å². The Labute approximate surface area is 166 Å². The summed E-state index contributed by atoms with van der Waals surface area (Å²) in [4.78, 5) is 0. The summed E-state index contributed by atoms with van der Waals surface area (Å²) in [7, 11) is 1.65. The minimum atomic E-state index is 0.405. The first-order valence-corrected chi connectivity index (χ1v) is 8.99. The molecule has 5 nitrogen and oxygen atoms in total. The molecule has 0 fully saturated rings. The molecule has 0 saturated carbocycles. The first-order chi connectivity index (χ1) is 13.0.